The smallest absolute Gasteiger partial charge is 0.274 e. The number of hydrogen-bond acceptors (Lipinski definition) is 6. The highest BCUT2D eigenvalue weighted by molar-refractivity contribution is 5.96. The fraction of sp³-hybridized carbons (Fsp3) is 0.235. The SMILES string of the molecule is N#CCCN(CCC#N)C(=O)c1cc(-c2ncnc3[nH]ccc23)cn1O. The number of aromatic amines is 1. The van der Waals surface area contributed by atoms with Gasteiger partial charge in [-0.25, -0.2) is 9.97 Å². The third kappa shape index (κ3) is 3.19. The first-order chi connectivity index (χ1) is 12.7. The second-order valence-corrected chi connectivity index (χ2v) is 5.53. The van der Waals surface area contributed by atoms with Crippen LogP contribution in [0.3, 0.4) is 0 Å². The minimum atomic E-state index is -0.455. The van der Waals surface area contributed by atoms with Crippen molar-refractivity contribution in [3.63, 3.8) is 0 Å². The summed E-state index contributed by atoms with van der Waals surface area (Å²) in [6, 6.07) is 7.30. The Bertz CT molecular complexity index is 1000. The lowest BCUT2D eigenvalue weighted by Gasteiger charge is -2.19. The number of nitriles is 2. The molecule has 0 spiro atoms. The molecule has 0 saturated heterocycles. The Labute approximate surface area is 148 Å². The number of amides is 1. The molecule has 3 heterocycles. The predicted octanol–water partition coefficient (Wildman–Crippen LogP) is 1.93. The number of nitrogens with zero attached hydrogens (tertiary/aromatic N) is 6. The van der Waals surface area contributed by atoms with Gasteiger partial charge in [-0.3, -0.25) is 4.79 Å². The van der Waals surface area contributed by atoms with Crippen LogP contribution in [0.5, 0.6) is 0 Å². The van der Waals surface area contributed by atoms with Crippen LogP contribution in [-0.2, 0) is 0 Å². The van der Waals surface area contributed by atoms with E-state index in [0.717, 1.165) is 10.1 Å². The molecule has 26 heavy (non-hydrogen) atoms. The molecule has 9 nitrogen and oxygen atoms in total. The van der Waals surface area contributed by atoms with Crippen molar-refractivity contribution in [2.24, 2.45) is 0 Å². The standard InChI is InChI=1S/C17H15N7O2/c18-4-1-7-23(8-2-5-19)17(25)14-9-12(10-24(14)26)15-13-3-6-20-16(13)22-11-21-15/h3,6,9-11,26H,1-2,7-8H2,(H,20,21,22). The maximum Gasteiger partial charge on any atom is 0.274 e. The van der Waals surface area contributed by atoms with Gasteiger partial charge in [0.1, 0.15) is 17.7 Å². The van der Waals surface area contributed by atoms with Gasteiger partial charge in [-0.05, 0) is 12.1 Å². The normalized spacial score (nSPS) is 10.4. The summed E-state index contributed by atoms with van der Waals surface area (Å²) in [6.45, 7) is 0.375. The van der Waals surface area contributed by atoms with Crippen LogP contribution >= 0.6 is 0 Å². The number of fused-ring (bicyclic) bond motifs is 1. The predicted molar refractivity (Wildman–Crippen MR) is 90.9 cm³/mol. The molecule has 0 unspecified atom stereocenters. The van der Waals surface area contributed by atoms with E-state index in [9.17, 15) is 10.0 Å². The monoisotopic (exact) mass is 349 g/mol. The highest BCUT2D eigenvalue weighted by Gasteiger charge is 2.22. The first-order valence-electron chi connectivity index (χ1n) is 7.89. The van der Waals surface area contributed by atoms with Crippen molar-refractivity contribution in [3.05, 3.63) is 36.5 Å². The molecule has 0 aromatic carbocycles. The van der Waals surface area contributed by atoms with Gasteiger partial charge in [0.2, 0.25) is 0 Å². The highest BCUT2D eigenvalue weighted by atomic mass is 16.5. The van der Waals surface area contributed by atoms with Crippen molar-refractivity contribution in [1.29, 1.82) is 10.5 Å². The fourth-order valence-corrected chi connectivity index (χ4v) is 2.69. The summed E-state index contributed by atoms with van der Waals surface area (Å²) in [4.78, 5) is 25.4. The lowest BCUT2D eigenvalue weighted by Crippen LogP contribution is -2.34. The Morgan fingerprint density at radius 3 is 2.69 bits per heavy atom. The molecule has 0 bridgehead atoms. The van der Waals surface area contributed by atoms with E-state index in [4.69, 9.17) is 10.5 Å². The summed E-state index contributed by atoms with van der Waals surface area (Å²) in [5.41, 5.74) is 1.83. The average Bonchev–Trinajstić information content (AvgIpc) is 3.27. The first kappa shape index (κ1) is 17.0. The van der Waals surface area contributed by atoms with Gasteiger partial charge < -0.3 is 15.1 Å². The van der Waals surface area contributed by atoms with Crippen molar-refractivity contribution in [2.75, 3.05) is 13.1 Å². The average molecular weight is 349 g/mol. The summed E-state index contributed by atoms with van der Waals surface area (Å²) >= 11 is 0. The van der Waals surface area contributed by atoms with Crippen LogP contribution < -0.4 is 0 Å². The van der Waals surface area contributed by atoms with Gasteiger partial charge in [0.25, 0.3) is 5.91 Å². The molecule has 0 saturated carbocycles. The van der Waals surface area contributed by atoms with Gasteiger partial charge in [-0.1, -0.05) is 0 Å². The maximum absolute atomic E-state index is 12.7. The molecule has 0 atom stereocenters. The molecule has 3 aromatic rings. The van der Waals surface area contributed by atoms with Gasteiger partial charge in [0, 0.05) is 30.2 Å². The lowest BCUT2D eigenvalue weighted by molar-refractivity contribution is 0.0711. The zero-order valence-corrected chi connectivity index (χ0v) is 13.8. The number of aromatic nitrogens is 4. The summed E-state index contributed by atoms with van der Waals surface area (Å²) in [5, 5.41) is 28.5. The fourth-order valence-electron chi connectivity index (χ4n) is 2.69. The number of nitrogens with one attached hydrogen (secondary N) is 1. The van der Waals surface area contributed by atoms with Gasteiger partial charge in [0.15, 0.2) is 0 Å². The van der Waals surface area contributed by atoms with Crippen LogP contribution in [0.2, 0.25) is 0 Å². The van der Waals surface area contributed by atoms with E-state index < -0.39 is 5.91 Å². The van der Waals surface area contributed by atoms with Crippen molar-refractivity contribution in [1.82, 2.24) is 24.6 Å². The zero-order chi connectivity index (χ0) is 18.5. The molecule has 0 radical (unpaired) electrons. The van der Waals surface area contributed by atoms with Crippen molar-refractivity contribution >= 4 is 16.9 Å². The third-order valence-electron chi connectivity index (χ3n) is 3.92. The molecule has 9 heteroatoms. The Morgan fingerprint density at radius 1 is 1.27 bits per heavy atom. The Hall–Kier alpha value is -3.85. The Morgan fingerprint density at radius 2 is 2.00 bits per heavy atom. The van der Waals surface area contributed by atoms with E-state index in [-0.39, 0.29) is 31.6 Å². The van der Waals surface area contributed by atoms with Crippen LogP contribution in [0.15, 0.2) is 30.9 Å². The molecular formula is C17H15N7O2. The Balaban J connectivity index is 1.94. The first-order valence-corrected chi connectivity index (χ1v) is 7.89. The topological polar surface area (TPSA) is 135 Å². The minimum Gasteiger partial charge on any atom is -0.428 e. The summed E-state index contributed by atoms with van der Waals surface area (Å²) < 4.78 is 0.740. The number of hydrogen-bond donors (Lipinski definition) is 2. The molecule has 1 amide bonds. The van der Waals surface area contributed by atoms with E-state index in [1.165, 1.54) is 23.5 Å². The molecular weight excluding hydrogens is 334 g/mol. The van der Waals surface area contributed by atoms with Crippen LogP contribution in [0.25, 0.3) is 22.3 Å². The number of carbonyl (C=O) groups is 1. The Kier molecular flexibility index (Phi) is 4.81. The van der Waals surface area contributed by atoms with Crippen LogP contribution in [-0.4, -0.2) is 48.8 Å². The van der Waals surface area contributed by atoms with E-state index in [0.29, 0.717) is 16.9 Å². The largest absolute Gasteiger partial charge is 0.428 e. The molecule has 3 aromatic heterocycles. The maximum atomic E-state index is 12.7. The highest BCUT2D eigenvalue weighted by Crippen LogP contribution is 2.26. The molecule has 0 aliphatic heterocycles. The van der Waals surface area contributed by atoms with E-state index in [1.54, 1.807) is 6.20 Å². The number of carbonyl (C=O) groups excluding carboxylic acids is 1. The lowest BCUT2D eigenvalue weighted by atomic mass is 10.1. The van der Waals surface area contributed by atoms with E-state index in [1.807, 2.05) is 18.2 Å². The van der Waals surface area contributed by atoms with E-state index >= 15 is 0 Å². The second-order valence-electron chi connectivity index (χ2n) is 5.53. The second kappa shape index (κ2) is 7.36. The van der Waals surface area contributed by atoms with Crippen LogP contribution in [0.4, 0.5) is 0 Å². The summed E-state index contributed by atoms with van der Waals surface area (Å²) in [5.74, 6) is -0.455. The molecule has 0 fully saturated rings. The summed E-state index contributed by atoms with van der Waals surface area (Å²) in [7, 11) is 0. The molecule has 130 valence electrons. The van der Waals surface area contributed by atoms with Gasteiger partial charge >= 0.3 is 0 Å². The third-order valence-corrected chi connectivity index (χ3v) is 3.92. The van der Waals surface area contributed by atoms with Crippen LogP contribution in [0, 0.1) is 22.7 Å². The zero-order valence-electron chi connectivity index (χ0n) is 13.8. The van der Waals surface area contributed by atoms with Gasteiger partial charge in [-0.15, -0.1) is 0 Å². The van der Waals surface area contributed by atoms with E-state index in [2.05, 4.69) is 15.0 Å². The van der Waals surface area contributed by atoms with Crippen molar-refractivity contribution < 1.29 is 10.0 Å². The molecule has 0 aliphatic rings. The molecule has 0 aliphatic carbocycles. The van der Waals surface area contributed by atoms with Gasteiger partial charge in [0.05, 0.1) is 36.9 Å². The number of H-pyrrole nitrogens is 1. The quantitative estimate of drug-likeness (QED) is 0.653. The van der Waals surface area contributed by atoms with Gasteiger partial charge in [-0.2, -0.15) is 15.3 Å². The van der Waals surface area contributed by atoms with Crippen molar-refractivity contribution in [2.45, 2.75) is 12.8 Å². The summed E-state index contributed by atoms with van der Waals surface area (Å²) in [6.07, 6.45) is 4.82. The van der Waals surface area contributed by atoms with Crippen LogP contribution in [0.1, 0.15) is 23.3 Å². The van der Waals surface area contributed by atoms with Crippen molar-refractivity contribution in [3.8, 4) is 23.4 Å². The minimum absolute atomic E-state index is 0.0400. The molecule has 2 N–H and O–H groups in total. The molecule has 3 rings (SSSR count). The number of rotatable bonds is 6.